The zero-order valence-corrected chi connectivity index (χ0v) is 17.3. The summed E-state index contributed by atoms with van der Waals surface area (Å²) >= 11 is 0. The Kier molecular flexibility index (Phi) is 6.92. The summed E-state index contributed by atoms with van der Waals surface area (Å²) in [6, 6.07) is 15.5. The molecule has 0 aromatic heterocycles. The Labute approximate surface area is 162 Å². The zero-order chi connectivity index (χ0) is 20.2. The van der Waals surface area contributed by atoms with E-state index in [1.165, 1.54) is 12.1 Å². The standard InChI is InChI=1S/C21H28N2O3S/c1-15(2)21(24)18-11-13-19(14-12-18)27(25,26)22-16(3)20(23(4)5)17-9-7-6-8-10-17/h6-16,20,22H,1-5H3/t16-,20+/m1/s1. The summed E-state index contributed by atoms with van der Waals surface area (Å²) in [5.41, 5.74) is 1.56. The van der Waals surface area contributed by atoms with Crippen LogP contribution in [0.1, 0.15) is 42.7 Å². The van der Waals surface area contributed by atoms with Crippen LogP contribution in [0.25, 0.3) is 0 Å². The number of Topliss-reactive ketones (excluding diaryl/α,β-unsaturated/α-hetero) is 1. The summed E-state index contributed by atoms with van der Waals surface area (Å²) in [6.45, 7) is 5.49. The van der Waals surface area contributed by atoms with Gasteiger partial charge in [-0.25, -0.2) is 13.1 Å². The topological polar surface area (TPSA) is 66.5 Å². The zero-order valence-electron chi connectivity index (χ0n) is 16.5. The van der Waals surface area contributed by atoms with Crippen LogP contribution in [0.3, 0.4) is 0 Å². The molecule has 0 aliphatic rings. The van der Waals surface area contributed by atoms with Crippen molar-refractivity contribution in [2.24, 2.45) is 5.92 Å². The fourth-order valence-electron chi connectivity index (χ4n) is 3.19. The van der Waals surface area contributed by atoms with Gasteiger partial charge in [0.15, 0.2) is 5.78 Å². The number of carbonyl (C=O) groups is 1. The lowest BCUT2D eigenvalue weighted by molar-refractivity contribution is 0.0939. The average Bonchev–Trinajstić information content (AvgIpc) is 2.61. The number of sulfonamides is 1. The Balaban J connectivity index is 2.22. The molecule has 0 radical (unpaired) electrons. The Hall–Kier alpha value is -2.02. The Morgan fingerprint density at radius 3 is 1.96 bits per heavy atom. The van der Waals surface area contributed by atoms with Gasteiger partial charge in [0.2, 0.25) is 10.0 Å². The van der Waals surface area contributed by atoms with E-state index in [0.717, 1.165) is 5.56 Å². The molecule has 0 saturated heterocycles. The molecule has 0 spiro atoms. The van der Waals surface area contributed by atoms with E-state index in [1.807, 2.05) is 70.1 Å². The lowest BCUT2D eigenvalue weighted by Crippen LogP contribution is -2.42. The van der Waals surface area contributed by atoms with Crippen molar-refractivity contribution in [3.05, 3.63) is 65.7 Å². The van der Waals surface area contributed by atoms with Crippen LogP contribution in [0.5, 0.6) is 0 Å². The van der Waals surface area contributed by atoms with Gasteiger partial charge in [-0.3, -0.25) is 4.79 Å². The minimum absolute atomic E-state index is 0.00275. The van der Waals surface area contributed by atoms with E-state index in [-0.39, 0.29) is 28.7 Å². The molecule has 2 atom stereocenters. The van der Waals surface area contributed by atoms with Crippen LogP contribution in [0.2, 0.25) is 0 Å². The Bertz CT molecular complexity index is 860. The predicted molar refractivity (Wildman–Crippen MR) is 108 cm³/mol. The molecule has 6 heteroatoms. The van der Waals surface area contributed by atoms with Gasteiger partial charge in [-0.15, -0.1) is 0 Å². The number of rotatable bonds is 8. The minimum atomic E-state index is -3.70. The second-order valence-corrected chi connectivity index (χ2v) is 8.99. The van der Waals surface area contributed by atoms with Crippen molar-refractivity contribution >= 4 is 15.8 Å². The molecule has 0 saturated carbocycles. The normalized spacial score (nSPS) is 14.3. The van der Waals surface area contributed by atoms with Crippen LogP contribution >= 0.6 is 0 Å². The smallest absolute Gasteiger partial charge is 0.240 e. The third-order valence-electron chi connectivity index (χ3n) is 4.49. The molecule has 0 aliphatic heterocycles. The number of hydrogen-bond acceptors (Lipinski definition) is 4. The molecule has 27 heavy (non-hydrogen) atoms. The van der Waals surface area contributed by atoms with Crippen molar-refractivity contribution in [1.29, 1.82) is 0 Å². The van der Waals surface area contributed by atoms with Gasteiger partial charge in [-0.05, 0) is 38.7 Å². The second kappa shape index (κ2) is 8.78. The van der Waals surface area contributed by atoms with E-state index in [1.54, 1.807) is 12.1 Å². The average molecular weight is 389 g/mol. The van der Waals surface area contributed by atoms with E-state index >= 15 is 0 Å². The summed E-state index contributed by atoms with van der Waals surface area (Å²) in [4.78, 5) is 14.2. The summed E-state index contributed by atoms with van der Waals surface area (Å²) in [5.74, 6) is -0.130. The molecule has 0 bridgehead atoms. The van der Waals surface area contributed by atoms with Gasteiger partial charge in [-0.2, -0.15) is 0 Å². The Morgan fingerprint density at radius 1 is 0.926 bits per heavy atom. The quantitative estimate of drug-likeness (QED) is 0.703. The summed E-state index contributed by atoms with van der Waals surface area (Å²) in [7, 11) is 0.154. The van der Waals surface area contributed by atoms with Crippen LogP contribution < -0.4 is 4.72 Å². The van der Waals surface area contributed by atoms with Gasteiger partial charge in [0, 0.05) is 17.5 Å². The molecule has 0 unspecified atom stereocenters. The first-order valence-corrected chi connectivity index (χ1v) is 10.5. The van der Waals surface area contributed by atoms with Crippen molar-refractivity contribution in [1.82, 2.24) is 9.62 Å². The monoisotopic (exact) mass is 388 g/mol. The fraction of sp³-hybridized carbons (Fsp3) is 0.381. The van der Waals surface area contributed by atoms with Crippen LogP contribution in [-0.4, -0.2) is 39.2 Å². The number of carbonyl (C=O) groups excluding carboxylic acids is 1. The summed E-state index contributed by atoms with van der Waals surface area (Å²) in [5, 5.41) is 0. The number of nitrogens with one attached hydrogen (secondary N) is 1. The molecule has 2 rings (SSSR count). The maximum Gasteiger partial charge on any atom is 0.240 e. The van der Waals surface area contributed by atoms with E-state index in [9.17, 15) is 13.2 Å². The third kappa shape index (κ3) is 5.25. The molecule has 1 N–H and O–H groups in total. The van der Waals surface area contributed by atoms with Gasteiger partial charge < -0.3 is 4.90 Å². The molecule has 146 valence electrons. The van der Waals surface area contributed by atoms with Crippen LogP contribution in [0.4, 0.5) is 0 Å². The maximum absolute atomic E-state index is 12.8. The first kappa shape index (κ1) is 21.3. The fourth-order valence-corrected chi connectivity index (χ4v) is 4.44. The highest BCUT2D eigenvalue weighted by Crippen LogP contribution is 2.23. The summed E-state index contributed by atoms with van der Waals surface area (Å²) < 4.78 is 28.4. The number of benzene rings is 2. The van der Waals surface area contributed by atoms with Crippen molar-refractivity contribution in [2.45, 2.75) is 37.8 Å². The largest absolute Gasteiger partial charge is 0.301 e. The number of nitrogens with zero attached hydrogens (tertiary/aromatic N) is 1. The first-order chi connectivity index (χ1) is 12.6. The molecule has 2 aromatic carbocycles. The molecule has 0 amide bonds. The number of ketones is 1. The highest BCUT2D eigenvalue weighted by atomic mass is 32.2. The lowest BCUT2D eigenvalue weighted by atomic mass is 10.0. The summed E-state index contributed by atoms with van der Waals surface area (Å²) in [6.07, 6.45) is 0. The molecule has 2 aromatic rings. The molecular formula is C21H28N2O3S. The van der Waals surface area contributed by atoms with E-state index in [2.05, 4.69) is 4.72 Å². The van der Waals surface area contributed by atoms with Crippen molar-refractivity contribution in [3.63, 3.8) is 0 Å². The molecule has 0 heterocycles. The highest BCUT2D eigenvalue weighted by Gasteiger charge is 2.26. The van der Waals surface area contributed by atoms with E-state index < -0.39 is 10.0 Å². The van der Waals surface area contributed by atoms with Crippen molar-refractivity contribution in [3.8, 4) is 0 Å². The van der Waals surface area contributed by atoms with Crippen molar-refractivity contribution < 1.29 is 13.2 Å². The highest BCUT2D eigenvalue weighted by molar-refractivity contribution is 7.89. The molecule has 0 aliphatic carbocycles. The van der Waals surface area contributed by atoms with Crippen LogP contribution in [0, 0.1) is 5.92 Å². The van der Waals surface area contributed by atoms with Gasteiger partial charge in [0.05, 0.1) is 10.9 Å². The maximum atomic E-state index is 12.8. The minimum Gasteiger partial charge on any atom is -0.301 e. The first-order valence-electron chi connectivity index (χ1n) is 9.01. The van der Waals surface area contributed by atoms with Gasteiger partial charge in [0.25, 0.3) is 0 Å². The number of hydrogen-bond donors (Lipinski definition) is 1. The predicted octanol–water partition coefficient (Wildman–Crippen LogP) is 3.50. The van der Waals surface area contributed by atoms with Crippen LogP contribution in [-0.2, 0) is 10.0 Å². The van der Waals surface area contributed by atoms with Gasteiger partial charge in [0.1, 0.15) is 0 Å². The van der Waals surface area contributed by atoms with Gasteiger partial charge in [-0.1, -0.05) is 56.3 Å². The lowest BCUT2D eigenvalue weighted by Gasteiger charge is -2.31. The number of likely N-dealkylation sites (N-methyl/N-ethyl adjacent to an activating group) is 1. The van der Waals surface area contributed by atoms with Gasteiger partial charge >= 0.3 is 0 Å². The molecule has 5 nitrogen and oxygen atoms in total. The molecular weight excluding hydrogens is 360 g/mol. The van der Waals surface area contributed by atoms with E-state index in [4.69, 9.17) is 0 Å². The van der Waals surface area contributed by atoms with Crippen LogP contribution in [0.15, 0.2) is 59.5 Å². The molecule has 0 fully saturated rings. The SMILES string of the molecule is CC(C)C(=O)c1ccc(S(=O)(=O)N[C@H](C)[C@@H](c2ccccc2)N(C)C)cc1. The third-order valence-corrected chi connectivity index (χ3v) is 6.06. The van der Waals surface area contributed by atoms with E-state index in [0.29, 0.717) is 5.56 Å². The second-order valence-electron chi connectivity index (χ2n) is 7.27. The Morgan fingerprint density at radius 2 is 1.48 bits per heavy atom. The van der Waals surface area contributed by atoms with Crippen molar-refractivity contribution in [2.75, 3.05) is 14.1 Å².